The van der Waals surface area contributed by atoms with E-state index >= 15 is 0 Å². The number of amides is 1. The lowest BCUT2D eigenvalue weighted by Gasteiger charge is -2.25. The summed E-state index contributed by atoms with van der Waals surface area (Å²) in [5.74, 6) is -1.27. The first-order chi connectivity index (χ1) is 10.3. The molecule has 22 heavy (non-hydrogen) atoms. The van der Waals surface area contributed by atoms with Gasteiger partial charge >= 0.3 is 5.97 Å². The summed E-state index contributed by atoms with van der Waals surface area (Å²) in [4.78, 5) is 36.5. The van der Waals surface area contributed by atoms with Gasteiger partial charge in [-0.25, -0.2) is 4.79 Å². The second-order valence-electron chi connectivity index (χ2n) is 5.64. The van der Waals surface area contributed by atoms with Crippen LogP contribution in [0.3, 0.4) is 0 Å². The predicted octanol–water partition coefficient (Wildman–Crippen LogP) is 2.31. The summed E-state index contributed by atoms with van der Waals surface area (Å²) in [5, 5.41) is 9.36. The molecule has 0 saturated carbocycles. The molecular formula is C16H19NO4S. The Hall–Kier alpha value is -1.82. The third kappa shape index (κ3) is 3.68. The van der Waals surface area contributed by atoms with E-state index in [1.165, 1.54) is 11.8 Å². The van der Waals surface area contributed by atoms with Gasteiger partial charge in [-0.05, 0) is 19.4 Å². The Morgan fingerprint density at radius 3 is 2.36 bits per heavy atom. The minimum absolute atomic E-state index is 0.0575. The van der Waals surface area contributed by atoms with Gasteiger partial charge < -0.3 is 10.0 Å². The van der Waals surface area contributed by atoms with E-state index in [4.69, 9.17) is 0 Å². The van der Waals surface area contributed by atoms with E-state index in [1.807, 2.05) is 19.9 Å². The van der Waals surface area contributed by atoms with Crippen molar-refractivity contribution in [1.82, 2.24) is 4.90 Å². The lowest BCUT2D eigenvalue weighted by Crippen LogP contribution is -2.35. The van der Waals surface area contributed by atoms with Crippen LogP contribution >= 0.6 is 11.8 Å². The molecule has 1 saturated heterocycles. The van der Waals surface area contributed by atoms with Crippen molar-refractivity contribution < 1.29 is 19.5 Å². The third-order valence-corrected chi connectivity index (χ3v) is 4.54. The molecule has 1 amide bonds. The number of carboxylic acids is 1. The van der Waals surface area contributed by atoms with Crippen LogP contribution < -0.4 is 0 Å². The average molecular weight is 321 g/mol. The number of carboxylic acid groups (broad SMARTS) is 1. The highest BCUT2D eigenvalue weighted by atomic mass is 32.2. The van der Waals surface area contributed by atoms with E-state index in [0.717, 1.165) is 22.9 Å². The van der Waals surface area contributed by atoms with Gasteiger partial charge in [0.05, 0.1) is 0 Å². The fraction of sp³-hybridized carbons (Fsp3) is 0.438. The molecule has 2 rings (SSSR count). The number of benzene rings is 1. The molecule has 1 fully saturated rings. The maximum atomic E-state index is 12.2. The van der Waals surface area contributed by atoms with Gasteiger partial charge in [-0.1, -0.05) is 41.1 Å². The quantitative estimate of drug-likeness (QED) is 0.921. The Labute approximate surface area is 133 Å². The van der Waals surface area contributed by atoms with Gasteiger partial charge in [0, 0.05) is 25.1 Å². The summed E-state index contributed by atoms with van der Waals surface area (Å²) in [6.07, 6.45) is 0.207. The molecule has 1 aliphatic rings. The van der Waals surface area contributed by atoms with Crippen LogP contribution in [0.15, 0.2) is 18.2 Å². The number of hydrogen-bond donors (Lipinski definition) is 1. The van der Waals surface area contributed by atoms with Gasteiger partial charge in [-0.3, -0.25) is 9.59 Å². The van der Waals surface area contributed by atoms with Gasteiger partial charge in [0.2, 0.25) is 5.91 Å². The number of thioether (sulfide) groups is 1. The molecule has 0 spiro atoms. The van der Waals surface area contributed by atoms with Crippen molar-refractivity contribution in [3.05, 3.63) is 34.9 Å². The minimum atomic E-state index is -1.05. The first-order valence-electron chi connectivity index (χ1n) is 7.05. The van der Waals surface area contributed by atoms with Crippen molar-refractivity contribution in [3.63, 3.8) is 0 Å². The number of rotatable bonds is 4. The molecule has 2 atom stereocenters. The van der Waals surface area contributed by atoms with E-state index in [-0.39, 0.29) is 29.2 Å². The second kappa shape index (κ2) is 6.52. The van der Waals surface area contributed by atoms with Crippen LogP contribution in [0.1, 0.15) is 36.1 Å². The number of aliphatic carboxylic acids is 1. The Morgan fingerprint density at radius 2 is 1.86 bits per heavy atom. The topological polar surface area (TPSA) is 74.7 Å². The molecule has 1 aromatic carbocycles. The van der Waals surface area contributed by atoms with Gasteiger partial charge in [-0.15, -0.1) is 0 Å². The summed E-state index contributed by atoms with van der Waals surface area (Å²) in [6.45, 7) is 5.54. The van der Waals surface area contributed by atoms with Crippen LogP contribution in [-0.4, -0.2) is 38.8 Å². The molecule has 0 aliphatic carbocycles. The molecule has 1 heterocycles. The van der Waals surface area contributed by atoms with Crippen molar-refractivity contribution in [2.75, 3.05) is 6.54 Å². The fourth-order valence-electron chi connectivity index (χ4n) is 2.88. The molecule has 1 aromatic rings. The van der Waals surface area contributed by atoms with E-state index in [0.29, 0.717) is 5.56 Å². The lowest BCUT2D eigenvalue weighted by atomic mass is 10.0. The van der Waals surface area contributed by atoms with E-state index in [9.17, 15) is 19.5 Å². The first-order valence-corrected chi connectivity index (χ1v) is 7.93. The van der Waals surface area contributed by atoms with Crippen LogP contribution in [0.5, 0.6) is 0 Å². The summed E-state index contributed by atoms with van der Waals surface area (Å²) in [6, 6.07) is 4.56. The average Bonchev–Trinajstić information content (AvgIpc) is 2.67. The van der Waals surface area contributed by atoms with Crippen LogP contribution in [0.2, 0.25) is 0 Å². The second-order valence-corrected chi connectivity index (χ2v) is 7.12. The Balaban J connectivity index is 2.30. The van der Waals surface area contributed by atoms with Gasteiger partial charge in [0.25, 0.3) is 0 Å². The minimum Gasteiger partial charge on any atom is -0.479 e. The van der Waals surface area contributed by atoms with Gasteiger partial charge in [0.15, 0.2) is 11.2 Å². The van der Waals surface area contributed by atoms with E-state index in [1.54, 1.807) is 12.1 Å². The molecule has 2 unspecified atom stereocenters. The fourth-order valence-corrected chi connectivity index (χ4v) is 3.81. The molecule has 118 valence electrons. The largest absolute Gasteiger partial charge is 0.479 e. The van der Waals surface area contributed by atoms with Crippen molar-refractivity contribution in [2.24, 2.45) is 0 Å². The number of nitrogens with zero attached hydrogens (tertiary/aromatic N) is 1. The number of carbonyl (C=O) groups is 3. The Kier molecular flexibility index (Phi) is 4.90. The highest BCUT2D eigenvalue weighted by Crippen LogP contribution is 2.32. The highest BCUT2D eigenvalue weighted by Gasteiger charge is 2.39. The lowest BCUT2D eigenvalue weighted by molar-refractivity contribution is -0.148. The van der Waals surface area contributed by atoms with Crippen molar-refractivity contribution in [2.45, 2.75) is 38.5 Å². The van der Waals surface area contributed by atoms with Gasteiger partial charge in [-0.2, -0.15) is 0 Å². The number of hydrogen-bond acceptors (Lipinski definition) is 4. The molecule has 0 radical (unpaired) electrons. The number of likely N-dealkylation sites (tertiary alicyclic amines) is 1. The summed E-state index contributed by atoms with van der Waals surface area (Å²) in [7, 11) is 0. The normalized spacial score (nSPS) is 19.3. The Bertz CT molecular complexity index is 608. The van der Waals surface area contributed by atoms with Crippen molar-refractivity contribution in [3.8, 4) is 0 Å². The standard InChI is InChI=1S/C16H19NO4S/c1-9-4-10(2)6-12(5-9)15(16(20)21)17-8-13(7-14(17)19)22-11(3)18/h4-6,13,15H,7-8H2,1-3H3,(H,20,21). The maximum absolute atomic E-state index is 12.2. The zero-order valence-electron chi connectivity index (χ0n) is 12.8. The molecule has 0 bridgehead atoms. The number of carbonyl (C=O) groups excluding carboxylic acids is 2. The molecule has 1 aliphatic heterocycles. The van der Waals surface area contributed by atoms with Crippen molar-refractivity contribution >= 4 is 28.8 Å². The molecule has 0 aromatic heterocycles. The van der Waals surface area contributed by atoms with E-state index in [2.05, 4.69) is 0 Å². The van der Waals surface area contributed by atoms with E-state index < -0.39 is 12.0 Å². The predicted molar refractivity (Wildman–Crippen MR) is 84.7 cm³/mol. The van der Waals surface area contributed by atoms with Crippen LogP contribution in [0.25, 0.3) is 0 Å². The molecule has 1 N–H and O–H groups in total. The smallest absolute Gasteiger partial charge is 0.331 e. The van der Waals surface area contributed by atoms with Crippen LogP contribution in [0, 0.1) is 13.8 Å². The molecule has 6 heteroatoms. The van der Waals surface area contributed by atoms with Crippen LogP contribution in [0.4, 0.5) is 0 Å². The van der Waals surface area contributed by atoms with Crippen molar-refractivity contribution in [1.29, 1.82) is 0 Å². The molecular weight excluding hydrogens is 302 g/mol. The van der Waals surface area contributed by atoms with Gasteiger partial charge in [0.1, 0.15) is 0 Å². The zero-order valence-corrected chi connectivity index (χ0v) is 13.6. The maximum Gasteiger partial charge on any atom is 0.331 e. The zero-order chi connectivity index (χ0) is 16.4. The number of aryl methyl sites for hydroxylation is 2. The summed E-state index contributed by atoms with van der Waals surface area (Å²) < 4.78 is 0. The summed E-state index contributed by atoms with van der Waals surface area (Å²) >= 11 is 1.11. The monoisotopic (exact) mass is 321 g/mol. The SMILES string of the molecule is CC(=O)SC1CC(=O)N(C(C(=O)O)c2cc(C)cc(C)c2)C1. The third-order valence-electron chi connectivity index (χ3n) is 3.56. The first kappa shape index (κ1) is 16.5. The Morgan fingerprint density at radius 1 is 1.27 bits per heavy atom. The molecule has 5 nitrogen and oxygen atoms in total. The van der Waals surface area contributed by atoms with Crippen LogP contribution in [-0.2, 0) is 14.4 Å². The highest BCUT2D eigenvalue weighted by molar-refractivity contribution is 8.14. The summed E-state index contributed by atoms with van der Waals surface area (Å²) in [5.41, 5.74) is 2.52.